The maximum absolute atomic E-state index is 13.4. The first-order valence-electron chi connectivity index (χ1n) is 4.88. The summed E-state index contributed by atoms with van der Waals surface area (Å²) in [4.78, 5) is 1.08. The molecule has 1 heterocycles. The molecule has 0 unspecified atom stereocenters. The number of anilines is 1. The lowest BCUT2D eigenvalue weighted by Gasteiger charge is -2.07. The van der Waals surface area contributed by atoms with Crippen LogP contribution < -0.4 is 5.32 Å². The Bertz CT molecular complexity index is 480. The molecule has 1 aromatic carbocycles. The third-order valence-corrected chi connectivity index (χ3v) is 3.16. The molecule has 0 atom stereocenters. The molecule has 0 amide bonds. The van der Waals surface area contributed by atoms with E-state index in [-0.39, 0.29) is 5.69 Å². The molecule has 1 nitrogen and oxygen atoms in total. The highest BCUT2D eigenvalue weighted by Crippen LogP contribution is 2.20. The van der Waals surface area contributed by atoms with Gasteiger partial charge in [-0.15, -0.1) is 11.3 Å². The largest absolute Gasteiger partial charge is 0.378 e. The molecule has 0 aliphatic rings. The average molecular weight is 239 g/mol. The van der Waals surface area contributed by atoms with Crippen molar-refractivity contribution >= 4 is 17.0 Å². The number of hydrogen-bond acceptors (Lipinski definition) is 2. The van der Waals surface area contributed by atoms with Crippen molar-refractivity contribution in [1.82, 2.24) is 0 Å². The molecule has 0 saturated carbocycles. The van der Waals surface area contributed by atoms with Crippen LogP contribution in [0.25, 0.3) is 0 Å². The minimum absolute atomic E-state index is 0.205. The smallest absolute Gasteiger partial charge is 0.146 e. The number of thiophene rings is 1. The second-order valence-electron chi connectivity index (χ2n) is 3.51. The SMILES string of the molecule is Cc1cc(F)c(NCc2cccs2)cc1F. The van der Waals surface area contributed by atoms with Gasteiger partial charge in [0, 0.05) is 17.5 Å². The Labute approximate surface area is 96.7 Å². The number of benzene rings is 1. The quantitative estimate of drug-likeness (QED) is 0.855. The number of hydrogen-bond donors (Lipinski definition) is 1. The monoisotopic (exact) mass is 239 g/mol. The van der Waals surface area contributed by atoms with Crippen LogP contribution in [0.4, 0.5) is 14.5 Å². The Morgan fingerprint density at radius 1 is 1.25 bits per heavy atom. The van der Waals surface area contributed by atoms with Crippen molar-refractivity contribution in [3.8, 4) is 0 Å². The first-order valence-corrected chi connectivity index (χ1v) is 5.76. The first-order chi connectivity index (χ1) is 7.66. The molecule has 4 heteroatoms. The van der Waals surface area contributed by atoms with E-state index < -0.39 is 11.6 Å². The van der Waals surface area contributed by atoms with Gasteiger partial charge < -0.3 is 5.32 Å². The lowest BCUT2D eigenvalue weighted by molar-refractivity contribution is 0.594. The fraction of sp³-hybridized carbons (Fsp3) is 0.167. The zero-order valence-electron chi connectivity index (χ0n) is 8.76. The third-order valence-electron chi connectivity index (χ3n) is 2.28. The predicted molar refractivity (Wildman–Crippen MR) is 62.7 cm³/mol. The molecular weight excluding hydrogens is 228 g/mol. The van der Waals surface area contributed by atoms with Gasteiger partial charge in [0.1, 0.15) is 11.6 Å². The lowest BCUT2D eigenvalue weighted by Crippen LogP contribution is -2.01. The van der Waals surface area contributed by atoms with E-state index in [1.807, 2.05) is 17.5 Å². The van der Waals surface area contributed by atoms with E-state index in [0.717, 1.165) is 4.88 Å². The van der Waals surface area contributed by atoms with Gasteiger partial charge in [-0.3, -0.25) is 0 Å². The average Bonchev–Trinajstić information content (AvgIpc) is 2.74. The van der Waals surface area contributed by atoms with Crippen molar-refractivity contribution in [3.05, 3.63) is 51.7 Å². The highest BCUT2D eigenvalue weighted by Gasteiger charge is 2.06. The van der Waals surface area contributed by atoms with Gasteiger partial charge in [0.2, 0.25) is 0 Å². The van der Waals surface area contributed by atoms with E-state index >= 15 is 0 Å². The van der Waals surface area contributed by atoms with Crippen molar-refractivity contribution in [3.63, 3.8) is 0 Å². The molecular formula is C12H11F2NS. The van der Waals surface area contributed by atoms with Crippen LogP contribution in [0.3, 0.4) is 0 Å². The fourth-order valence-corrected chi connectivity index (χ4v) is 2.02. The van der Waals surface area contributed by atoms with Gasteiger partial charge in [0.15, 0.2) is 0 Å². The molecule has 2 aromatic rings. The topological polar surface area (TPSA) is 12.0 Å². The summed E-state index contributed by atoms with van der Waals surface area (Å²) in [5.74, 6) is -0.814. The summed E-state index contributed by atoms with van der Waals surface area (Å²) in [6.45, 7) is 2.05. The van der Waals surface area contributed by atoms with Crippen molar-refractivity contribution < 1.29 is 8.78 Å². The van der Waals surface area contributed by atoms with Gasteiger partial charge in [-0.05, 0) is 30.0 Å². The number of aryl methyl sites for hydroxylation is 1. The number of halogens is 2. The Kier molecular flexibility index (Phi) is 3.19. The zero-order valence-corrected chi connectivity index (χ0v) is 9.57. The minimum Gasteiger partial charge on any atom is -0.378 e. The van der Waals surface area contributed by atoms with Crippen LogP contribution in [0.1, 0.15) is 10.4 Å². The maximum atomic E-state index is 13.4. The van der Waals surface area contributed by atoms with E-state index in [2.05, 4.69) is 5.32 Å². The molecule has 0 spiro atoms. The Hall–Kier alpha value is -1.42. The summed E-state index contributed by atoms with van der Waals surface area (Å²) in [6, 6.07) is 6.26. The van der Waals surface area contributed by atoms with Crippen LogP contribution >= 0.6 is 11.3 Å². The highest BCUT2D eigenvalue weighted by molar-refractivity contribution is 7.09. The second kappa shape index (κ2) is 4.61. The fourth-order valence-electron chi connectivity index (χ4n) is 1.38. The molecule has 0 aliphatic heterocycles. The predicted octanol–water partition coefficient (Wildman–Crippen LogP) is 3.95. The van der Waals surface area contributed by atoms with E-state index in [1.165, 1.54) is 12.1 Å². The molecule has 1 aromatic heterocycles. The lowest BCUT2D eigenvalue weighted by atomic mass is 10.2. The highest BCUT2D eigenvalue weighted by atomic mass is 32.1. The number of rotatable bonds is 3. The molecule has 0 radical (unpaired) electrons. The third kappa shape index (κ3) is 2.39. The summed E-state index contributed by atoms with van der Waals surface area (Å²) < 4.78 is 26.7. The van der Waals surface area contributed by atoms with E-state index in [9.17, 15) is 8.78 Å². The van der Waals surface area contributed by atoms with Crippen molar-refractivity contribution in [2.45, 2.75) is 13.5 Å². The van der Waals surface area contributed by atoms with Crippen LogP contribution in [0.15, 0.2) is 29.6 Å². The normalized spacial score (nSPS) is 10.4. The van der Waals surface area contributed by atoms with Gasteiger partial charge >= 0.3 is 0 Å². The first kappa shape index (κ1) is 11.1. The molecule has 0 fully saturated rings. The second-order valence-corrected chi connectivity index (χ2v) is 4.55. The minimum atomic E-state index is -0.421. The van der Waals surface area contributed by atoms with Gasteiger partial charge in [0.05, 0.1) is 5.69 Å². The molecule has 2 rings (SSSR count). The van der Waals surface area contributed by atoms with Crippen LogP contribution in [-0.2, 0) is 6.54 Å². The number of nitrogens with one attached hydrogen (secondary N) is 1. The molecule has 0 aliphatic carbocycles. The van der Waals surface area contributed by atoms with Crippen LogP contribution in [0.2, 0.25) is 0 Å². The van der Waals surface area contributed by atoms with Crippen LogP contribution in [0, 0.1) is 18.6 Å². The van der Waals surface area contributed by atoms with Gasteiger partial charge in [0.25, 0.3) is 0 Å². The molecule has 0 saturated heterocycles. The van der Waals surface area contributed by atoms with Crippen molar-refractivity contribution in [1.29, 1.82) is 0 Å². The van der Waals surface area contributed by atoms with E-state index in [0.29, 0.717) is 12.1 Å². The van der Waals surface area contributed by atoms with Crippen molar-refractivity contribution in [2.24, 2.45) is 0 Å². The Morgan fingerprint density at radius 3 is 2.75 bits per heavy atom. The maximum Gasteiger partial charge on any atom is 0.146 e. The Morgan fingerprint density at radius 2 is 2.06 bits per heavy atom. The van der Waals surface area contributed by atoms with Crippen LogP contribution in [-0.4, -0.2) is 0 Å². The van der Waals surface area contributed by atoms with Gasteiger partial charge in [-0.25, -0.2) is 8.78 Å². The molecule has 0 bridgehead atoms. The standard InChI is InChI=1S/C12H11F2NS/c1-8-5-11(14)12(6-10(8)13)15-7-9-3-2-4-16-9/h2-6,15H,7H2,1H3. The van der Waals surface area contributed by atoms with Crippen molar-refractivity contribution in [2.75, 3.05) is 5.32 Å². The van der Waals surface area contributed by atoms with E-state index in [1.54, 1.807) is 18.3 Å². The summed E-state index contributed by atoms with van der Waals surface area (Å²) >= 11 is 1.58. The summed E-state index contributed by atoms with van der Waals surface area (Å²) in [5.41, 5.74) is 0.524. The summed E-state index contributed by atoms with van der Waals surface area (Å²) in [5, 5.41) is 4.83. The molecule has 16 heavy (non-hydrogen) atoms. The van der Waals surface area contributed by atoms with Gasteiger partial charge in [-0.2, -0.15) is 0 Å². The Balaban J connectivity index is 2.12. The van der Waals surface area contributed by atoms with E-state index in [4.69, 9.17) is 0 Å². The zero-order chi connectivity index (χ0) is 11.5. The van der Waals surface area contributed by atoms with Crippen LogP contribution in [0.5, 0.6) is 0 Å². The summed E-state index contributed by atoms with van der Waals surface area (Å²) in [7, 11) is 0. The summed E-state index contributed by atoms with van der Waals surface area (Å²) in [6.07, 6.45) is 0. The van der Waals surface area contributed by atoms with Gasteiger partial charge in [-0.1, -0.05) is 6.07 Å². The molecule has 1 N–H and O–H groups in total. The molecule has 84 valence electrons.